The fourth-order valence-corrected chi connectivity index (χ4v) is 8.18. The van der Waals surface area contributed by atoms with Gasteiger partial charge in [-0.15, -0.1) is 0 Å². The summed E-state index contributed by atoms with van der Waals surface area (Å²) in [6, 6.07) is 19.3. The Balaban J connectivity index is 2.08. The van der Waals surface area contributed by atoms with Crippen LogP contribution < -0.4 is 5.32 Å². The maximum atomic E-state index is 17.0. The molecule has 0 radical (unpaired) electrons. The maximum Gasteiger partial charge on any atom is 0.408 e. The molecule has 1 N–H and O–H groups in total. The summed E-state index contributed by atoms with van der Waals surface area (Å²) in [4.78, 5) is 11.7. The molecule has 0 heterocycles. The summed E-state index contributed by atoms with van der Waals surface area (Å²) in [5.74, 6) is 0. The van der Waals surface area contributed by atoms with E-state index in [1.807, 2.05) is 13.0 Å². The number of rotatable bonds is 9. The smallest absolute Gasteiger partial charge is 0.408 e. The zero-order chi connectivity index (χ0) is 28.2. The van der Waals surface area contributed by atoms with Crippen molar-refractivity contribution in [3.05, 3.63) is 96.1 Å². The van der Waals surface area contributed by atoms with Gasteiger partial charge in [0, 0.05) is 6.42 Å². The molecule has 1 amide bonds. The molecule has 0 aliphatic carbocycles. The van der Waals surface area contributed by atoms with Gasteiger partial charge in [0.2, 0.25) is 19.7 Å². The van der Waals surface area contributed by atoms with Crippen LogP contribution in [-0.2, 0) is 24.4 Å². The fraction of sp³-hybridized carbons (Fsp3) is 0.321. The number of aryl methyl sites for hydroxylation is 1. The van der Waals surface area contributed by atoms with E-state index >= 15 is 4.39 Å². The molecule has 10 heteroatoms. The highest BCUT2D eigenvalue weighted by Gasteiger charge is 2.57. The van der Waals surface area contributed by atoms with Crippen molar-refractivity contribution in [1.29, 1.82) is 0 Å². The number of alkyl halides is 1. The van der Waals surface area contributed by atoms with E-state index in [1.165, 1.54) is 24.3 Å². The van der Waals surface area contributed by atoms with Crippen molar-refractivity contribution >= 4 is 25.8 Å². The van der Waals surface area contributed by atoms with Gasteiger partial charge >= 0.3 is 10.4 Å². The molecule has 0 aromatic heterocycles. The minimum atomic E-state index is -5.05. The molecule has 38 heavy (non-hydrogen) atoms. The van der Waals surface area contributed by atoms with Gasteiger partial charge in [-0.25, -0.2) is 26.0 Å². The Morgan fingerprint density at radius 2 is 1.34 bits per heavy atom. The predicted octanol–water partition coefficient (Wildman–Crippen LogP) is 5.91. The summed E-state index contributed by atoms with van der Waals surface area (Å²) >= 11 is 0. The normalized spacial score (nSPS) is 13.5. The number of carbonyl (C=O) groups is 1. The van der Waals surface area contributed by atoms with E-state index in [9.17, 15) is 21.6 Å². The largest absolute Gasteiger partial charge is 0.444 e. The molecule has 0 fully saturated rings. The lowest BCUT2D eigenvalue weighted by Crippen LogP contribution is -2.43. The van der Waals surface area contributed by atoms with Crippen LogP contribution in [0.2, 0.25) is 0 Å². The standard InChI is InChI=1S/C28H32FNO6S2/c1-21-12-11-13-22(20-21)25(30-26(31)36-27(2,3)4)18-19-28(29,37(32,33)23-14-7-5-8-15-23)38(34,35)24-16-9-6-10-17-24/h5-17,20,25H,18-19H2,1-4H3,(H,30,31). The first-order chi connectivity index (χ1) is 17.7. The quantitative estimate of drug-likeness (QED) is 0.348. The first kappa shape index (κ1) is 29.3. The SMILES string of the molecule is Cc1cccc(C(CCC(F)(S(=O)(=O)c2ccccc2)S(=O)(=O)c2ccccc2)NC(=O)OC(C)(C)C)c1. The van der Waals surface area contributed by atoms with E-state index in [0.29, 0.717) is 5.56 Å². The summed E-state index contributed by atoms with van der Waals surface area (Å²) < 4.78 is 73.1. The van der Waals surface area contributed by atoms with Crippen LogP contribution in [0, 0.1) is 6.92 Å². The van der Waals surface area contributed by atoms with Gasteiger partial charge in [0.05, 0.1) is 15.8 Å². The van der Waals surface area contributed by atoms with E-state index < -0.39 is 58.0 Å². The maximum absolute atomic E-state index is 17.0. The van der Waals surface area contributed by atoms with E-state index in [0.717, 1.165) is 29.8 Å². The van der Waals surface area contributed by atoms with Crippen molar-refractivity contribution in [2.24, 2.45) is 0 Å². The average molecular weight is 562 g/mol. The van der Waals surface area contributed by atoms with Gasteiger partial charge < -0.3 is 10.1 Å². The molecule has 0 aliphatic rings. The number of hydrogen-bond acceptors (Lipinski definition) is 6. The zero-order valence-electron chi connectivity index (χ0n) is 21.7. The number of ether oxygens (including phenoxy) is 1. The van der Waals surface area contributed by atoms with E-state index in [4.69, 9.17) is 4.74 Å². The number of benzene rings is 3. The Labute approximate surface area is 223 Å². The van der Waals surface area contributed by atoms with Crippen LogP contribution in [0.15, 0.2) is 94.7 Å². The molecule has 3 aromatic carbocycles. The van der Waals surface area contributed by atoms with E-state index in [1.54, 1.807) is 51.1 Å². The molecule has 0 aliphatic heterocycles. The number of hydrogen-bond donors (Lipinski definition) is 1. The van der Waals surface area contributed by atoms with Crippen molar-refractivity contribution in [2.45, 2.75) is 66.3 Å². The van der Waals surface area contributed by atoms with Crippen LogP contribution in [0.3, 0.4) is 0 Å². The predicted molar refractivity (Wildman–Crippen MR) is 144 cm³/mol. The Morgan fingerprint density at radius 1 is 0.842 bits per heavy atom. The second kappa shape index (κ2) is 11.2. The molecule has 3 aromatic rings. The van der Waals surface area contributed by atoms with Gasteiger partial charge in [-0.2, -0.15) is 0 Å². The van der Waals surface area contributed by atoms with Gasteiger partial charge in [0.25, 0.3) is 0 Å². The van der Waals surface area contributed by atoms with Gasteiger partial charge in [0.15, 0.2) is 0 Å². The van der Waals surface area contributed by atoms with Gasteiger partial charge in [-0.05, 0) is 63.9 Å². The number of nitrogens with one attached hydrogen (secondary N) is 1. The highest BCUT2D eigenvalue weighted by Crippen LogP contribution is 2.42. The Kier molecular flexibility index (Phi) is 8.68. The Morgan fingerprint density at radius 3 is 1.79 bits per heavy atom. The lowest BCUT2D eigenvalue weighted by Gasteiger charge is -2.29. The first-order valence-corrected chi connectivity index (χ1v) is 15.0. The Hall–Kier alpha value is -3.24. The highest BCUT2D eigenvalue weighted by molar-refractivity contribution is 8.10. The minimum absolute atomic E-state index is 0.350. The number of alkyl carbamates (subject to hydrolysis) is 1. The van der Waals surface area contributed by atoms with E-state index in [-0.39, 0.29) is 6.42 Å². The van der Waals surface area contributed by atoms with Gasteiger partial charge in [0.1, 0.15) is 5.60 Å². The second-order valence-electron chi connectivity index (χ2n) is 9.94. The molecule has 0 saturated heterocycles. The lowest BCUT2D eigenvalue weighted by molar-refractivity contribution is 0.0499. The lowest BCUT2D eigenvalue weighted by atomic mass is 10.0. The summed E-state index contributed by atoms with van der Waals surface area (Å²) in [5, 5.41) is 2.65. The van der Waals surface area contributed by atoms with Crippen LogP contribution in [-0.4, -0.2) is 32.9 Å². The zero-order valence-corrected chi connectivity index (χ0v) is 23.4. The summed E-state index contributed by atoms with van der Waals surface area (Å²) in [6.07, 6.45) is -2.10. The molecule has 3 rings (SSSR count). The third-order valence-corrected chi connectivity index (χ3v) is 10.9. The van der Waals surface area contributed by atoms with Gasteiger partial charge in [-0.1, -0.05) is 66.2 Å². The third kappa shape index (κ3) is 6.42. The summed E-state index contributed by atoms with van der Waals surface area (Å²) in [5.41, 5.74) is 0.574. The van der Waals surface area contributed by atoms with Crippen LogP contribution in [0.4, 0.5) is 9.18 Å². The topological polar surface area (TPSA) is 107 Å². The summed E-state index contributed by atoms with van der Waals surface area (Å²) in [6.45, 7) is 6.87. The first-order valence-electron chi connectivity index (χ1n) is 12.0. The van der Waals surface area contributed by atoms with Crippen molar-refractivity contribution in [3.8, 4) is 0 Å². The van der Waals surface area contributed by atoms with Crippen LogP contribution >= 0.6 is 0 Å². The Bertz CT molecular complexity index is 1400. The number of carbonyl (C=O) groups excluding carboxylic acids is 1. The second-order valence-corrected chi connectivity index (χ2v) is 14.5. The van der Waals surface area contributed by atoms with Crippen molar-refractivity contribution in [2.75, 3.05) is 0 Å². The monoisotopic (exact) mass is 561 g/mol. The van der Waals surface area contributed by atoms with Crippen LogP contribution in [0.5, 0.6) is 0 Å². The van der Waals surface area contributed by atoms with Gasteiger partial charge in [-0.3, -0.25) is 0 Å². The fourth-order valence-electron chi connectivity index (χ4n) is 3.94. The summed E-state index contributed by atoms with van der Waals surface area (Å²) in [7, 11) is -10.1. The molecule has 0 bridgehead atoms. The molecule has 0 spiro atoms. The molecule has 1 atom stereocenters. The van der Waals surface area contributed by atoms with Crippen molar-refractivity contribution in [3.63, 3.8) is 0 Å². The minimum Gasteiger partial charge on any atom is -0.444 e. The van der Waals surface area contributed by atoms with Crippen LogP contribution in [0.1, 0.15) is 50.8 Å². The third-order valence-electron chi connectivity index (χ3n) is 5.78. The molecular formula is C28H32FNO6S2. The number of sulfone groups is 2. The molecular weight excluding hydrogens is 529 g/mol. The molecule has 1 unspecified atom stereocenters. The number of amides is 1. The highest BCUT2D eigenvalue weighted by atomic mass is 32.3. The molecule has 7 nitrogen and oxygen atoms in total. The van der Waals surface area contributed by atoms with Crippen LogP contribution in [0.25, 0.3) is 0 Å². The van der Waals surface area contributed by atoms with Crippen molar-refractivity contribution in [1.82, 2.24) is 5.32 Å². The van der Waals surface area contributed by atoms with Crippen molar-refractivity contribution < 1.29 is 30.8 Å². The van der Waals surface area contributed by atoms with E-state index in [2.05, 4.69) is 5.32 Å². The number of halogens is 1. The average Bonchev–Trinajstić information content (AvgIpc) is 2.86. The molecule has 0 saturated carbocycles. The molecule has 204 valence electrons.